The molecular weight excluding hydrogens is 319 g/mol. The van der Waals surface area contributed by atoms with E-state index in [0.29, 0.717) is 17.1 Å². The fraction of sp³-hybridized carbons (Fsp3) is 0.294. The molecule has 7 heteroatoms. The van der Waals surface area contributed by atoms with Gasteiger partial charge in [-0.1, -0.05) is 6.07 Å². The Hall–Kier alpha value is -2.57. The Morgan fingerprint density at radius 3 is 2.54 bits per heavy atom. The van der Waals surface area contributed by atoms with Crippen molar-refractivity contribution in [3.05, 3.63) is 53.2 Å². The molecule has 1 aromatic heterocycles. The number of fused-ring (bicyclic) bond motifs is 1. The van der Waals surface area contributed by atoms with Crippen molar-refractivity contribution in [2.75, 3.05) is 30.4 Å². The molecule has 0 bridgehead atoms. The van der Waals surface area contributed by atoms with Gasteiger partial charge in [-0.25, -0.2) is 4.98 Å². The number of anilines is 2. The van der Waals surface area contributed by atoms with Crippen LogP contribution in [0.3, 0.4) is 0 Å². The predicted molar refractivity (Wildman–Crippen MR) is 85.4 cm³/mol. The van der Waals surface area contributed by atoms with Gasteiger partial charge in [-0.2, -0.15) is 13.2 Å². The van der Waals surface area contributed by atoms with E-state index in [2.05, 4.69) is 4.98 Å². The molecule has 0 aliphatic carbocycles. The maximum atomic E-state index is 13.1. The molecule has 0 unspecified atom stereocenters. The third kappa shape index (κ3) is 2.81. The summed E-state index contributed by atoms with van der Waals surface area (Å²) in [6.45, 7) is 0.233. The van der Waals surface area contributed by atoms with E-state index < -0.39 is 11.7 Å². The van der Waals surface area contributed by atoms with Gasteiger partial charge < -0.3 is 9.80 Å². The Morgan fingerprint density at radius 2 is 1.96 bits per heavy atom. The number of halogens is 3. The van der Waals surface area contributed by atoms with E-state index in [1.165, 1.54) is 17.2 Å². The maximum Gasteiger partial charge on any atom is 0.416 e. The van der Waals surface area contributed by atoms with Gasteiger partial charge in [0.25, 0.3) is 5.91 Å². The summed E-state index contributed by atoms with van der Waals surface area (Å²) in [5.41, 5.74) is 0.185. The highest BCUT2D eigenvalue weighted by Crippen LogP contribution is 2.39. The van der Waals surface area contributed by atoms with Crippen LogP contribution in [0, 0.1) is 0 Å². The zero-order valence-electron chi connectivity index (χ0n) is 13.3. The van der Waals surface area contributed by atoms with Gasteiger partial charge in [-0.3, -0.25) is 4.79 Å². The van der Waals surface area contributed by atoms with Gasteiger partial charge in [-0.15, -0.1) is 0 Å². The molecule has 3 rings (SSSR count). The predicted octanol–water partition coefficient (Wildman–Crippen LogP) is 3.37. The number of hydrogen-bond acceptors (Lipinski definition) is 3. The van der Waals surface area contributed by atoms with Crippen LogP contribution in [0.15, 0.2) is 36.5 Å². The van der Waals surface area contributed by atoms with Crippen molar-refractivity contribution in [3.8, 4) is 0 Å². The van der Waals surface area contributed by atoms with Gasteiger partial charge in [0.2, 0.25) is 0 Å². The van der Waals surface area contributed by atoms with E-state index in [0.717, 1.165) is 6.07 Å². The number of alkyl halides is 3. The first-order valence-corrected chi connectivity index (χ1v) is 7.43. The molecule has 2 aromatic rings. The second-order valence-electron chi connectivity index (χ2n) is 5.81. The van der Waals surface area contributed by atoms with Crippen molar-refractivity contribution in [1.82, 2.24) is 4.98 Å². The maximum absolute atomic E-state index is 13.1. The largest absolute Gasteiger partial charge is 0.416 e. The van der Waals surface area contributed by atoms with Crippen molar-refractivity contribution in [1.29, 1.82) is 0 Å². The average molecular weight is 335 g/mol. The van der Waals surface area contributed by atoms with Crippen molar-refractivity contribution < 1.29 is 18.0 Å². The van der Waals surface area contributed by atoms with E-state index in [4.69, 9.17) is 0 Å². The van der Waals surface area contributed by atoms with E-state index >= 15 is 0 Å². The fourth-order valence-electron chi connectivity index (χ4n) is 2.84. The first-order valence-electron chi connectivity index (χ1n) is 7.43. The summed E-state index contributed by atoms with van der Waals surface area (Å²) in [6.07, 6.45) is -2.78. The lowest BCUT2D eigenvalue weighted by atomic mass is 10.0. The second-order valence-corrected chi connectivity index (χ2v) is 5.81. The van der Waals surface area contributed by atoms with E-state index in [1.807, 2.05) is 14.1 Å². The number of amides is 1. The molecular formula is C17H16F3N3O. The molecule has 0 atom stereocenters. The van der Waals surface area contributed by atoms with Gasteiger partial charge in [-0.05, 0) is 36.2 Å². The average Bonchev–Trinajstić information content (AvgIpc) is 2.97. The molecule has 0 radical (unpaired) electrons. The molecule has 0 saturated heterocycles. The highest BCUT2D eigenvalue weighted by Gasteiger charge is 2.37. The van der Waals surface area contributed by atoms with Crippen LogP contribution in [-0.4, -0.2) is 31.5 Å². The van der Waals surface area contributed by atoms with Crippen LogP contribution in [-0.2, 0) is 12.6 Å². The Morgan fingerprint density at radius 1 is 1.21 bits per heavy atom. The summed E-state index contributed by atoms with van der Waals surface area (Å²) >= 11 is 0. The first-order chi connectivity index (χ1) is 11.3. The lowest BCUT2D eigenvalue weighted by molar-refractivity contribution is -0.138. The SMILES string of the molecule is CN(C)c1ccc(C(=O)N2CCc3c2cccc3C(F)(F)F)cn1. The molecule has 1 aromatic carbocycles. The molecule has 0 fully saturated rings. The highest BCUT2D eigenvalue weighted by molar-refractivity contribution is 6.07. The molecule has 24 heavy (non-hydrogen) atoms. The van der Waals surface area contributed by atoms with Crippen LogP contribution in [0.4, 0.5) is 24.7 Å². The smallest absolute Gasteiger partial charge is 0.363 e. The third-order valence-electron chi connectivity index (χ3n) is 4.03. The number of carbonyl (C=O) groups excluding carboxylic acids is 1. The second kappa shape index (κ2) is 5.81. The van der Waals surface area contributed by atoms with Crippen molar-refractivity contribution in [3.63, 3.8) is 0 Å². The minimum absolute atomic E-state index is 0.177. The molecule has 0 saturated carbocycles. The van der Waals surface area contributed by atoms with Crippen LogP contribution < -0.4 is 9.80 Å². The van der Waals surface area contributed by atoms with Crippen LogP contribution in [0.5, 0.6) is 0 Å². The van der Waals surface area contributed by atoms with E-state index in [9.17, 15) is 18.0 Å². The van der Waals surface area contributed by atoms with Gasteiger partial charge in [0.1, 0.15) is 5.82 Å². The van der Waals surface area contributed by atoms with Gasteiger partial charge in [0.15, 0.2) is 0 Å². The van der Waals surface area contributed by atoms with Crippen LogP contribution >= 0.6 is 0 Å². The standard InChI is InChI=1S/C17H16F3N3O/c1-22(2)15-7-6-11(10-21-15)16(24)23-9-8-12-13(17(18,19)20)4-3-5-14(12)23/h3-7,10H,8-9H2,1-2H3. The van der Waals surface area contributed by atoms with Crippen molar-refractivity contribution >= 4 is 17.4 Å². The molecule has 1 amide bonds. The number of aromatic nitrogens is 1. The Kier molecular flexibility index (Phi) is 3.95. The van der Waals surface area contributed by atoms with Crippen LogP contribution in [0.1, 0.15) is 21.5 Å². The van der Waals surface area contributed by atoms with Crippen molar-refractivity contribution in [2.45, 2.75) is 12.6 Å². The zero-order valence-corrected chi connectivity index (χ0v) is 13.3. The van der Waals surface area contributed by atoms with Gasteiger partial charge in [0.05, 0.1) is 11.1 Å². The molecule has 4 nitrogen and oxygen atoms in total. The van der Waals surface area contributed by atoms with Crippen LogP contribution in [0.25, 0.3) is 0 Å². The molecule has 1 aliphatic heterocycles. The van der Waals surface area contributed by atoms with Crippen molar-refractivity contribution in [2.24, 2.45) is 0 Å². The zero-order chi connectivity index (χ0) is 17.5. The highest BCUT2D eigenvalue weighted by atomic mass is 19.4. The first kappa shape index (κ1) is 16.3. The number of benzene rings is 1. The van der Waals surface area contributed by atoms with E-state index in [-0.39, 0.29) is 24.4 Å². The molecule has 2 heterocycles. The van der Waals surface area contributed by atoms with E-state index in [1.54, 1.807) is 23.1 Å². The minimum Gasteiger partial charge on any atom is -0.363 e. The normalized spacial score (nSPS) is 13.8. The topological polar surface area (TPSA) is 36.4 Å². The summed E-state index contributed by atoms with van der Waals surface area (Å²) in [5.74, 6) is 0.360. The monoisotopic (exact) mass is 335 g/mol. The number of nitrogens with zero attached hydrogens (tertiary/aromatic N) is 3. The molecule has 126 valence electrons. The lowest BCUT2D eigenvalue weighted by Gasteiger charge is -2.19. The number of rotatable bonds is 2. The third-order valence-corrected chi connectivity index (χ3v) is 4.03. The minimum atomic E-state index is -4.42. The molecule has 1 aliphatic rings. The quantitative estimate of drug-likeness (QED) is 0.844. The Bertz CT molecular complexity index is 770. The van der Waals surface area contributed by atoms with Crippen LogP contribution in [0.2, 0.25) is 0 Å². The summed E-state index contributed by atoms with van der Waals surface area (Å²) in [7, 11) is 3.67. The molecule has 0 N–H and O–H groups in total. The van der Waals surface area contributed by atoms with Gasteiger partial charge in [0, 0.05) is 32.5 Å². The molecule has 0 spiro atoms. The lowest BCUT2D eigenvalue weighted by Crippen LogP contribution is -2.29. The Labute approximate surface area is 137 Å². The summed E-state index contributed by atoms with van der Waals surface area (Å²) in [4.78, 5) is 20.0. The number of carbonyl (C=O) groups is 1. The summed E-state index contributed by atoms with van der Waals surface area (Å²) in [6, 6.07) is 7.28. The summed E-state index contributed by atoms with van der Waals surface area (Å²) in [5, 5.41) is 0. The Balaban J connectivity index is 1.92. The summed E-state index contributed by atoms with van der Waals surface area (Å²) < 4.78 is 39.3. The number of pyridine rings is 1. The van der Waals surface area contributed by atoms with Gasteiger partial charge >= 0.3 is 6.18 Å². The number of hydrogen-bond donors (Lipinski definition) is 0. The fourth-order valence-corrected chi connectivity index (χ4v) is 2.84.